The van der Waals surface area contributed by atoms with Gasteiger partial charge in [0.1, 0.15) is 0 Å². The van der Waals surface area contributed by atoms with Gasteiger partial charge in [-0.1, -0.05) is 28.1 Å². The highest BCUT2D eigenvalue weighted by atomic mass is 79.9. The Morgan fingerprint density at radius 1 is 1.06 bits per heavy atom. The van der Waals surface area contributed by atoms with Crippen molar-refractivity contribution in [2.75, 3.05) is 39.4 Å². The first kappa shape index (κ1) is 22.5. The number of nitrogens with one attached hydrogen (secondary N) is 1. The van der Waals surface area contributed by atoms with Crippen molar-refractivity contribution in [1.29, 1.82) is 0 Å². The number of halogens is 1. The average Bonchev–Trinajstić information content (AvgIpc) is 3.45. The van der Waals surface area contributed by atoms with E-state index >= 15 is 0 Å². The van der Waals surface area contributed by atoms with Crippen LogP contribution < -0.4 is 5.32 Å². The maximum Gasteiger partial charge on any atom is 0.170 e. The Morgan fingerprint density at radius 3 is 2.73 bits per heavy atom. The second-order valence-corrected chi connectivity index (χ2v) is 9.71. The van der Waals surface area contributed by atoms with E-state index in [1.54, 1.807) is 0 Å². The fourth-order valence-electron chi connectivity index (χ4n) is 4.75. The van der Waals surface area contributed by atoms with Gasteiger partial charge in [-0.05, 0) is 61.1 Å². The van der Waals surface area contributed by atoms with Gasteiger partial charge < -0.3 is 19.5 Å². The summed E-state index contributed by atoms with van der Waals surface area (Å²) in [5.74, 6) is 0. The van der Waals surface area contributed by atoms with Gasteiger partial charge in [0.15, 0.2) is 5.11 Å². The molecule has 2 fully saturated rings. The van der Waals surface area contributed by atoms with Crippen molar-refractivity contribution in [3.63, 3.8) is 0 Å². The van der Waals surface area contributed by atoms with Crippen molar-refractivity contribution in [3.05, 3.63) is 82.9 Å². The summed E-state index contributed by atoms with van der Waals surface area (Å²) < 4.78 is 8.81. The lowest BCUT2D eigenvalue weighted by atomic mass is 10.0. The number of aromatic nitrogens is 2. The number of ether oxygens (including phenoxy) is 1. The van der Waals surface area contributed by atoms with Crippen LogP contribution in [0.1, 0.15) is 29.9 Å². The van der Waals surface area contributed by atoms with Crippen molar-refractivity contribution in [3.8, 4) is 5.69 Å². The minimum absolute atomic E-state index is 0.0112. The van der Waals surface area contributed by atoms with Crippen LogP contribution in [0.5, 0.6) is 0 Å². The zero-order valence-corrected chi connectivity index (χ0v) is 20.8. The zero-order valence-electron chi connectivity index (χ0n) is 18.4. The van der Waals surface area contributed by atoms with E-state index < -0.39 is 0 Å². The fraction of sp³-hybridized carbons (Fsp3) is 0.360. The Bertz CT molecular complexity index is 1090. The molecule has 0 saturated carbocycles. The van der Waals surface area contributed by atoms with E-state index in [0.717, 1.165) is 66.8 Å². The van der Waals surface area contributed by atoms with Crippen LogP contribution in [0.3, 0.4) is 0 Å². The highest BCUT2D eigenvalue weighted by molar-refractivity contribution is 9.10. The lowest BCUT2D eigenvalue weighted by Crippen LogP contribution is -2.39. The molecule has 33 heavy (non-hydrogen) atoms. The SMILES string of the molecule is S=C1N[C@H](c2ccccn2)[C@@H](c2cccn2-c2cccc(Br)c2)N1CCCN1CCOCC1. The van der Waals surface area contributed by atoms with Crippen molar-refractivity contribution in [1.82, 2.24) is 24.7 Å². The van der Waals surface area contributed by atoms with Crippen LogP contribution in [0.15, 0.2) is 71.5 Å². The summed E-state index contributed by atoms with van der Waals surface area (Å²) in [4.78, 5) is 9.50. The van der Waals surface area contributed by atoms with Gasteiger partial charge >= 0.3 is 0 Å². The van der Waals surface area contributed by atoms with E-state index in [2.05, 4.69) is 83.2 Å². The molecule has 0 unspecified atom stereocenters. The molecule has 0 radical (unpaired) electrons. The summed E-state index contributed by atoms with van der Waals surface area (Å²) in [7, 11) is 0. The summed E-state index contributed by atoms with van der Waals surface area (Å²) in [5.41, 5.74) is 3.32. The Hall–Kier alpha value is -2.26. The Labute approximate surface area is 208 Å². The molecule has 3 aromatic rings. The van der Waals surface area contributed by atoms with Crippen LogP contribution in [-0.4, -0.2) is 63.9 Å². The smallest absolute Gasteiger partial charge is 0.170 e. The molecule has 0 amide bonds. The summed E-state index contributed by atoms with van der Waals surface area (Å²) >= 11 is 9.47. The minimum Gasteiger partial charge on any atom is -0.379 e. The highest BCUT2D eigenvalue weighted by Crippen LogP contribution is 2.39. The molecule has 1 N–H and O–H groups in total. The molecule has 0 aliphatic carbocycles. The molecular weight excluding hydrogens is 498 g/mol. The van der Waals surface area contributed by atoms with Crippen molar-refractivity contribution < 1.29 is 4.74 Å². The second kappa shape index (κ2) is 10.3. The molecule has 2 aliphatic heterocycles. The third kappa shape index (κ3) is 4.99. The number of thiocarbonyl (C=S) groups is 1. The van der Waals surface area contributed by atoms with Crippen LogP contribution >= 0.6 is 28.1 Å². The molecule has 2 saturated heterocycles. The predicted octanol–water partition coefficient (Wildman–Crippen LogP) is 4.33. The Morgan fingerprint density at radius 2 is 1.94 bits per heavy atom. The van der Waals surface area contributed by atoms with Crippen LogP contribution in [0, 0.1) is 0 Å². The molecule has 2 atom stereocenters. The number of nitrogens with zero attached hydrogens (tertiary/aromatic N) is 4. The molecule has 2 aromatic heterocycles. The van der Waals surface area contributed by atoms with Gasteiger partial charge in [-0.3, -0.25) is 9.88 Å². The van der Waals surface area contributed by atoms with Gasteiger partial charge in [0.25, 0.3) is 0 Å². The monoisotopic (exact) mass is 525 g/mol. The van der Waals surface area contributed by atoms with Crippen molar-refractivity contribution >= 4 is 33.3 Å². The van der Waals surface area contributed by atoms with Gasteiger partial charge in [0.2, 0.25) is 0 Å². The maximum atomic E-state index is 5.86. The largest absolute Gasteiger partial charge is 0.379 e. The molecule has 4 heterocycles. The first-order chi connectivity index (χ1) is 16.2. The standard InChI is InChI=1S/C25H28BrN5OS/c26-19-6-3-7-20(18-19)30-12-4-9-22(30)24-23(21-8-1-2-10-27-21)28-25(33)31(24)13-5-11-29-14-16-32-17-15-29/h1-4,6-10,12,18,23-24H,5,11,13-17H2,(H,28,33)/t23-,24-/m1/s1. The molecule has 1 aromatic carbocycles. The van der Waals surface area contributed by atoms with Gasteiger partial charge in [-0.15, -0.1) is 0 Å². The summed E-state index contributed by atoms with van der Waals surface area (Å²) in [5, 5.41) is 4.37. The van der Waals surface area contributed by atoms with E-state index in [1.165, 1.54) is 5.69 Å². The molecule has 8 heteroatoms. The molecule has 2 aliphatic rings. The Balaban J connectivity index is 1.45. The van der Waals surface area contributed by atoms with Crippen LogP contribution in [0.2, 0.25) is 0 Å². The number of pyridine rings is 1. The number of morpholine rings is 1. The third-order valence-corrected chi connectivity index (χ3v) is 7.19. The lowest BCUT2D eigenvalue weighted by Gasteiger charge is -2.31. The third-order valence-electron chi connectivity index (χ3n) is 6.34. The molecular formula is C25H28BrN5OS. The summed E-state index contributed by atoms with van der Waals surface area (Å²) in [6.07, 6.45) is 5.02. The first-order valence-corrected chi connectivity index (χ1v) is 12.6. The lowest BCUT2D eigenvalue weighted by molar-refractivity contribution is 0.0365. The van der Waals surface area contributed by atoms with E-state index in [1.807, 2.05) is 24.4 Å². The fourth-order valence-corrected chi connectivity index (χ4v) is 5.47. The number of rotatable bonds is 7. The van der Waals surface area contributed by atoms with E-state index in [0.29, 0.717) is 0 Å². The highest BCUT2D eigenvalue weighted by Gasteiger charge is 2.41. The quantitative estimate of drug-likeness (QED) is 0.463. The van der Waals surface area contributed by atoms with Gasteiger partial charge in [-0.2, -0.15) is 0 Å². The predicted molar refractivity (Wildman–Crippen MR) is 138 cm³/mol. The Kier molecular flexibility index (Phi) is 7.06. The van der Waals surface area contributed by atoms with Gasteiger partial charge in [0.05, 0.1) is 31.0 Å². The maximum absolute atomic E-state index is 5.86. The average molecular weight is 527 g/mol. The van der Waals surface area contributed by atoms with Crippen LogP contribution in [0.4, 0.5) is 0 Å². The first-order valence-electron chi connectivity index (χ1n) is 11.4. The van der Waals surface area contributed by atoms with E-state index in [4.69, 9.17) is 17.0 Å². The van der Waals surface area contributed by atoms with Gasteiger partial charge in [-0.25, -0.2) is 0 Å². The molecule has 6 nitrogen and oxygen atoms in total. The van der Waals surface area contributed by atoms with Crippen molar-refractivity contribution in [2.45, 2.75) is 18.5 Å². The van der Waals surface area contributed by atoms with E-state index in [9.17, 15) is 0 Å². The number of benzene rings is 1. The normalized spacial score (nSPS) is 21.4. The molecule has 5 rings (SSSR count). The molecule has 0 bridgehead atoms. The zero-order chi connectivity index (χ0) is 22.6. The molecule has 0 spiro atoms. The van der Waals surface area contributed by atoms with E-state index in [-0.39, 0.29) is 12.1 Å². The summed E-state index contributed by atoms with van der Waals surface area (Å²) in [6, 6.07) is 18.8. The van der Waals surface area contributed by atoms with Crippen LogP contribution in [0.25, 0.3) is 5.69 Å². The van der Waals surface area contributed by atoms with Crippen LogP contribution in [-0.2, 0) is 4.74 Å². The minimum atomic E-state index is -0.0112. The van der Waals surface area contributed by atoms with Gasteiger partial charge in [0, 0.05) is 54.4 Å². The topological polar surface area (TPSA) is 45.6 Å². The number of hydrogen-bond acceptors (Lipinski definition) is 4. The molecule has 172 valence electrons. The second-order valence-electron chi connectivity index (χ2n) is 8.41. The number of hydrogen-bond donors (Lipinski definition) is 1. The summed E-state index contributed by atoms with van der Waals surface area (Å²) in [6.45, 7) is 5.61. The van der Waals surface area contributed by atoms with Crippen molar-refractivity contribution in [2.24, 2.45) is 0 Å².